The molecular formula is C14H13NO3. The molecule has 0 radical (unpaired) electrons. The predicted molar refractivity (Wildman–Crippen MR) is 68.8 cm³/mol. The van der Waals surface area contributed by atoms with Gasteiger partial charge in [-0.25, -0.2) is 4.79 Å². The van der Waals surface area contributed by atoms with Crippen molar-refractivity contribution in [3.63, 3.8) is 0 Å². The lowest BCUT2D eigenvalue weighted by Gasteiger charge is -2.20. The van der Waals surface area contributed by atoms with Crippen molar-refractivity contribution in [2.45, 2.75) is 6.92 Å². The summed E-state index contributed by atoms with van der Waals surface area (Å²) in [5.74, 6) is -0.188. The van der Waals surface area contributed by atoms with E-state index in [-0.39, 0.29) is 5.91 Å². The SMILES string of the molecule is CCN(C(=O)c1ccc(=O)oc1)c1ccccc1. The zero-order valence-corrected chi connectivity index (χ0v) is 10.00. The highest BCUT2D eigenvalue weighted by molar-refractivity contribution is 6.05. The lowest BCUT2D eigenvalue weighted by molar-refractivity contribution is 0.0986. The molecule has 0 bridgehead atoms. The Bertz CT molecular complexity index is 569. The summed E-state index contributed by atoms with van der Waals surface area (Å²) in [5, 5.41) is 0. The van der Waals surface area contributed by atoms with Gasteiger partial charge in [0.05, 0.1) is 5.56 Å². The number of amides is 1. The Balaban J connectivity index is 2.31. The van der Waals surface area contributed by atoms with Crippen molar-refractivity contribution in [3.05, 3.63) is 64.7 Å². The summed E-state index contributed by atoms with van der Waals surface area (Å²) < 4.78 is 4.71. The molecule has 0 fully saturated rings. The van der Waals surface area contributed by atoms with Crippen LogP contribution in [0.1, 0.15) is 17.3 Å². The number of carbonyl (C=O) groups excluding carboxylic acids is 1. The second kappa shape index (κ2) is 5.31. The Kier molecular flexibility index (Phi) is 3.57. The van der Waals surface area contributed by atoms with Crippen molar-refractivity contribution in [3.8, 4) is 0 Å². The van der Waals surface area contributed by atoms with E-state index in [9.17, 15) is 9.59 Å². The van der Waals surface area contributed by atoms with E-state index in [0.29, 0.717) is 12.1 Å². The van der Waals surface area contributed by atoms with Gasteiger partial charge in [-0.15, -0.1) is 0 Å². The first-order valence-electron chi connectivity index (χ1n) is 5.68. The third-order valence-corrected chi connectivity index (χ3v) is 2.58. The maximum Gasteiger partial charge on any atom is 0.335 e. The smallest absolute Gasteiger partial charge is 0.335 e. The minimum absolute atomic E-state index is 0.188. The van der Waals surface area contributed by atoms with Crippen LogP contribution in [-0.4, -0.2) is 12.5 Å². The van der Waals surface area contributed by atoms with Crippen molar-refractivity contribution in [2.75, 3.05) is 11.4 Å². The first-order valence-corrected chi connectivity index (χ1v) is 5.68. The maximum atomic E-state index is 12.3. The molecule has 0 aliphatic carbocycles. The van der Waals surface area contributed by atoms with Crippen LogP contribution in [0.3, 0.4) is 0 Å². The topological polar surface area (TPSA) is 50.5 Å². The molecule has 4 nitrogen and oxygen atoms in total. The molecule has 2 aromatic rings. The first-order chi connectivity index (χ1) is 8.72. The van der Waals surface area contributed by atoms with Crippen molar-refractivity contribution in [2.24, 2.45) is 0 Å². The van der Waals surface area contributed by atoms with Crippen LogP contribution in [0, 0.1) is 0 Å². The minimum atomic E-state index is -0.464. The Morgan fingerprint density at radius 3 is 2.44 bits per heavy atom. The fourth-order valence-corrected chi connectivity index (χ4v) is 1.69. The molecule has 0 aliphatic rings. The Morgan fingerprint density at radius 1 is 1.17 bits per heavy atom. The number of hydrogen-bond donors (Lipinski definition) is 0. The predicted octanol–water partition coefficient (Wildman–Crippen LogP) is 2.31. The fraction of sp³-hybridized carbons (Fsp3) is 0.143. The molecule has 0 unspecified atom stereocenters. The van der Waals surface area contributed by atoms with E-state index < -0.39 is 5.63 Å². The monoisotopic (exact) mass is 243 g/mol. The number of benzene rings is 1. The molecule has 0 saturated heterocycles. The summed E-state index contributed by atoms with van der Waals surface area (Å²) in [7, 11) is 0. The molecule has 0 aliphatic heterocycles. The molecule has 1 heterocycles. The van der Waals surface area contributed by atoms with Crippen LogP contribution in [-0.2, 0) is 0 Å². The standard InChI is InChI=1S/C14H13NO3/c1-2-15(12-6-4-3-5-7-12)14(17)11-8-9-13(16)18-10-11/h3-10H,2H2,1H3. The average molecular weight is 243 g/mol. The molecular weight excluding hydrogens is 230 g/mol. The summed E-state index contributed by atoms with van der Waals surface area (Å²) in [4.78, 5) is 24.7. The lowest BCUT2D eigenvalue weighted by Crippen LogP contribution is -2.30. The highest BCUT2D eigenvalue weighted by Gasteiger charge is 2.16. The van der Waals surface area contributed by atoms with Crippen LogP contribution in [0.25, 0.3) is 0 Å². The van der Waals surface area contributed by atoms with Crippen molar-refractivity contribution >= 4 is 11.6 Å². The quantitative estimate of drug-likeness (QED) is 0.831. The third-order valence-electron chi connectivity index (χ3n) is 2.58. The summed E-state index contributed by atoms with van der Waals surface area (Å²) in [5.41, 5.74) is 0.714. The first kappa shape index (κ1) is 12.1. The van der Waals surface area contributed by atoms with Gasteiger partial charge < -0.3 is 9.32 Å². The van der Waals surface area contributed by atoms with Gasteiger partial charge in [-0.2, -0.15) is 0 Å². The van der Waals surface area contributed by atoms with Gasteiger partial charge in [0.15, 0.2) is 0 Å². The normalized spacial score (nSPS) is 10.1. The van der Waals surface area contributed by atoms with Gasteiger partial charge in [0, 0.05) is 18.3 Å². The molecule has 18 heavy (non-hydrogen) atoms. The third kappa shape index (κ3) is 2.48. The minimum Gasteiger partial charge on any atom is -0.430 e. The van der Waals surface area contributed by atoms with Gasteiger partial charge in [-0.05, 0) is 25.1 Å². The highest BCUT2D eigenvalue weighted by atomic mass is 16.4. The number of rotatable bonds is 3. The second-order valence-corrected chi connectivity index (χ2v) is 3.73. The summed E-state index contributed by atoms with van der Waals surface area (Å²) in [6.07, 6.45) is 1.19. The summed E-state index contributed by atoms with van der Waals surface area (Å²) in [6, 6.07) is 12.1. The maximum absolute atomic E-state index is 12.3. The van der Waals surface area contributed by atoms with Gasteiger partial charge in [-0.3, -0.25) is 4.79 Å². The van der Waals surface area contributed by atoms with Gasteiger partial charge >= 0.3 is 5.63 Å². The van der Waals surface area contributed by atoms with Crippen LogP contribution >= 0.6 is 0 Å². The van der Waals surface area contributed by atoms with Crippen LogP contribution in [0.4, 0.5) is 5.69 Å². The highest BCUT2D eigenvalue weighted by Crippen LogP contribution is 2.15. The van der Waals surface area contributed by atoms with E-state index in [1.807, 2.05) is 37.3 Å². The Labute approximate surface area is 104 Å². The van der Waals surface area contributed by atoms with E-state index in [4.69, 9.17) is 4.42 Å². The van der Waals surface area contributed by atoms with Gasteiger partial charge in [0.2, 0.25) is 0 Å². The molecule has 0 atom stereocenters. The van der Waals surface area contributed by atoms with Gasteiger partial charge in [-0.1, -0.05) is 18.2 Å². The fourth-order valence-electron chi connectivity index (χ4n) is 1.69. The molecule has 2 rings (SSSR count). The number of anilines is 1. The zero-order chi connectivity index (χ0) is 13.0. The number of para-hydroxylation sites is 1. The number of hydrogen-bond acceptors (Lipinski definition) is 3. The second-order valence-electron chi connectivity index (χ2n) is 3.73. The molecule has 1 aromatic carbocycles. The van der Waals surface area contributed by atoms with E-state index in [1.165, 1.54) is 18.4 Å². The van der Waals surface area contributed by atoms with Crippen molar-refractivity contribution < 1.29 is 9.21 Å². The Hall–Kier alpha value is -2.36. The average Bonchev–Trinajstić information content (AvgIpc) is 2.41. The van der Waals surface area contributed by atoms with E-state index in [2.05, 4.69) is 0 Å². The largest absolute Gasteiger partial charge is 0.430 e. The number of nitrogens with zero attached hydrogens (tertiary/aromatic N) is 1. The van der Waals surface area contributed by atoms with E-state index >= 15 is 0 Å². The molecule has 0 spiro atoms. The van der Waals surface area contributed by atoms with Crippen molar-refractivity contribution in [1.82, 2.24) is 0 Å². The molecule has 4 heteroatoms. The van der Waals surface area contributed by atoms with E-state index in [0.717, 1.165) is 5.69 Å². The molecule has 92 valence electrons. The van der Waals surface area contributed by atoms with E-state index in [1.54, 1.807) is 4.90 Å². The summed E-state index contributed by atoms with van der Waals surface area (Å²) >= 11 is 0. The van der Waals surface area contributed by atoms with Crippen molar-refractivity contribution in [1.29, 1.82) is 0 Å². The number of carbonyl (C=O) groups is 1. The van der Waals surface area contributed by atoms with Gasteiger partial charge in [0.25, 0.3) is 5.91 Å². The van der Waals surface area contributed by atoms with Gasteiger partial charge in [0.1, 0.15) is 6.26 Å². The molecule has 1 aromatic heterocycles. The molecule has 1 amide bonds. The zero-order valence-electron chi connectivity index (χ0n) is 10.00. The van der Waals surface area contributed by atoms with Crippen LogP contribution in [0.2, 0.25) is 0 Å². The molecule has 0 N–H and O–H groups in total. The Morgan fingerprint density at radius 2 is 1.89 bits per heavy atom. The van der Waals surface area contributed by atoms with Crippen LogP contribution in [0.5, 0.6) is 0 Å². The van der Waals surface area contributed by atoms with Crippen LogP contribution < -0.4 is 10.5 Å². The van der Waals surface area contributed by atoms with Crippen LogP contribution in [0.15, 0.2) is 57.9 Å². The molecule has 0 saturated carbocycles. The lowest BCUT2D eigenvalue weighted by atomic mass is 10.2. The summed E-state index contributed by atoms with van der Waals surface area (Å²) in [6.45, 7) is 2.44.